The number of pyridine rings is 1. The number of morpholine rings is 1. The minimum Gasteiger partial charge on any atom is -0.375 e. The van der Waals surface area contributed by atoms with E-state index in [9.17, 15) is 0 Å². The molecule has 0 aromatic carbocycles. The van der Waals surface area contributed by atoms with Crippen LogP contribution in [0.4, 0.5) is 5.82 Å². The Bertz CT molecular complexity index is 597. The van der Waals surface area contributed by atoms with Gasteiger partial charge in [0.1, 0.15) is 5.82 Å². The molecular weight excluding hydrogens is 350 g/mol. The zero-order chi connectivity index (χ0) is 19.6. The number of anilines is 1. The fourth-order valence-corrected chi connectivity index (χ4v) is 4.21. The van der Waals surface area contributed by atoms with Crippen molar-refractivity contribution in [1.82, 2.24) is 15.6 Å². The van der Waals surface area contributed by atoms with Crippen LogP contribution in [0.5, 0.6) is 0 Å². The molecule has 1 saturated carbocycles. The molecule has 1 unspecified atom stereocenters. The van der Waals surface area contributed by atoms with E-state index >= 15 is 0 Å². The maximum atomic E-state index is 5.60. The average Bonchev–Trinajstić information content (AvgIpc) is 3.24. The van der Waals surface area contributed by atoms with Crippen LogP contribution in [0.1, 0.15) is 57.4 Å². The first-order valence-corrected chi connectivity index (χ1v) is 11.0. The topological polar surface area (TPSA) is 61.8 Å². The Morgan fingerprint density at radius 1 is 1.25 bits per heavy atom. The van der Waals surface area contributed by atoms with E-state index < -0.39 is 0 Å². The molecule has 2 fully saturated rings. The van der Waals surface area contributed by atoms with Crippen molar-refractivity contribution < 1.29 is 4.74 Å². The second-order valence-electron chi connectivity index (χ2n) is 8.15. The van der Waals surface area contributed by atoms with Crippen LogP contribution >= 0.6 is 0 Å². The lowest BCUT2D eigenvalue weighted by molar-refractivity contribution is 0.0529. The summed E-state index contributed by atoms with van der Waals surface area (Å²) in [6.07, 6.45) is 11.9. The molecule has 3 rings (SSSR count). The van der Waals surface area contributed by atoms with Gasteiger partial charge < -0.3 is 20.3 Å². The summed E-state index contributed by atoms with van der Waals surface area (Å²) in [6.45, 7) is 6.41. The van der Waals surface area contributed by atoms with Gasteiger partial charge in [-0.1, -0.05) is 44.6 Å². The highest BCUT2D eigenvalue weighted by Gasteiger charge is 2.17. The van der Waals surface area contributed by atoms with Crippen LogP contribution in [-0.4, -0.2) is 50.3 Å². The van der Waals surface area contributed by atoms with E-state index in [1.807, 2.05) is 13.2 Å². The van der Waals surface area contributed by atoms with Gasteiger partial charge in [0, 0.05) is 39.4 Å². The molecule has 2 heterocycles. The van der Waals surface area contributed by atoms with Gasteiger partial charge in [0.25, 0.3) is 0 Å². The highest BCUT2D eigenvalue weighted by molar-refractivity contribution is 5.79. The normalized spacial score (nSPS) is 21.1. The number of aliphatic imine (C=N–C) groups is 1. The number of aromatic nitrogens is 1. The number of unbranched alkanes of at least 4 members (excludes halogenated alkanes) is 1. The maximum absolute atomic E-state index is 5.60. The van der Waals surface area contributed by atoms with Gasteiger partial charge in [0.05, 0.1) is 12.7 Å². The van der Waals surface area contributed by atoms with Gasteiger partial charge in [-0.15, -0.1) is 0 Å². The van der Waals surface area contributed by atoms with Crippen molar-refractivity contribution in [3.8, 4) is 0 Å². The number of nitrogens with zero attached hydrogens (tertiary/aromatic N) is 3. The predicted molar refractivity (Wildman–Crippen MR) is 116 cm³/mol. The molecule has 1 aliphatic carbocycles. The third-order valence-electron chi connectivity index (χ3n) is 5.86. The molecule has 0 amide bonds. The molecule has 1 saturated heterocycles. The van der Waals surface area contributed by atoms with Crippen LogP contribution in [-0.2, 0) is 11.3 Å². The minimum atomic E-state index is 0.268. The highest BCUT2D eigenvalue weighted by atomic mass is 16.5. The summed E-state index contributed by atoms with van der Waals surface area (Å²) in [7, 11) is 1.83. The van der Waals surface area contributed by atoms with Crippen molar-refractivity contribution in [1.29, 1.82) is 0 Å². The molecular formula is C22H37N5O. The molecule has 156 valence electrons. The molecule has 6 heteroatoms. The second-order valence-corrected chi connectivity index (χ2v) is 8.15. The summed E-state index contributed by atoms with van der Waals surface area (Å²) in [5.41, 5.74) is 1.16. The van der Waals surface area contributed by atoms with Crippen LogP contribution < -0.4 is 15.5 Å². The van der Waals surface area contributed by atoms with Crippen molar-refractivity contribution >= 4 is 11.8 Å². The van der Waals surface area contributed by atoms with E-state index in [0.717, 1.165) is 56.0 Å². The first-order chi connectivity index (χ1) is 13.7. The summed E-state index contributed by atoms with van der Waals surface area (Å²) in [4.78, 5) is 11.3. The zero-order valence-corrected chi connectivity index (χ0v) is 17.6. The fourth-order valence-electron chi connectivity index (χ4n) is 4.21. The molecule has 1 aromatic heterocycles. The summed E-state index contributed by atoms with van der Waals surface area (Å²) in [5.74, 6) is 2.89. The Balaban J connectivity index is 1.33. The van der Waals surface area contributed by atoms with E-state index in [4.69, 9.17) is 4.74 Å². The van der Waals surface area contributed by atoms with Gasteiger partial charge in [-0.3, -0.25) is 4.99 Å². The van der Waals surface area contributed by atoms with Gasteiger partial charge in [0.2, 0.25) is 0 Å². The first-order valence-electron chi connectivity index (χ1n) is 11.0. The van der Waals surface area contributed by atoms with Crippen molar-refractivity contribution in [2.45, 2.75) is 64.5 Å². The van der Waals surface area contributed by atoms with E-state index in [2.05, 4.69) is 44.6 Å². The monoisotopic (exact) mass is 387 g/mol. The van der Waals surface area contributed by atoms with Crippen molar-refractivity contribution in [3.05, 3.63) is 23.9 Å². The lowest BCUT2D eigenvalue weighted by Crippen LogP contribution is -2.41. The predicted octanol–water partition coefficient (Wildman–Crippen LogP) is 3.33. The smallest absolute Gasteiger partial charge is 0.191 e. The van der Waals surface area contributed by atoms with Gasteiger partial charge in [-0.05, 0) is 30.9 Å². The summed E-state index contributed by atoms with van der Waals surface area (Å²) in [5, 5.41) is 6.82. The maximum Gasteiger partial charge on any atom is 0.191 e. The number of rotatable bonds is 8. The molecule has 0 radical (unpaired) electrons. The Morgan fingerprint density at radius 3 is 2.82 bits per heavy atom. The van der Waals surface area contributed by atoms with Crippen LogP contribution in [0.3, 0.4) is 0 Å². The molecule has 0 spiro atoms. The molecule has 1 atom stereocenters. The van der Waals surface area contributed by atoms with Crippen LogP contribution in [0, 0.1) is 5.92 Å². The molecule has 1 aliphatic heterocycles. The Kier molecular flexibility index (Phi) is 8.40. The molecule has 2 N–H and O–H groups in total. The zero-order valence-electron chi connectivity index (χ0n) is 17.6. The third kappa shape index (κ3) is 6.66. The molecule has 1 aromatic rings. The van der Waals surface area contributed by atoms with Crippen LogP contribution in [0.15, 0.2) is 23.3 Å². The number of nitrogens with one attached hydrogen (secondary N) is 2. The van der Waals surface area contributed by atoms with Crippen LogP contribution in [0.2, 0.25) is 0 Å². The third-order valence-corrected chi connectivity index (χ3v) is 5.86. The summed E-state index contributed by atoms with van der Waals surface area (Å²) >= 11 is 0. The highest BCUT2D eigenvalue weighted by Crippen LogP contribution is 2.28. The Hall–Kier alpha value is -1.82. The van der Waals surface area contributed by atoms with E-state index in [0.29, 0.717) is 0 Å². The molecule has 0 bridgehead atoms. The van der Waals surface area contributed by atoms with E-state index in [1.54, 1.807) is 0 Å². The SMILES string of the molecule is CN=C(NCCCCC1CCCC1)NCc1ccc(N2CCOC(C)C2)nc1. The number of guanidine groups is 1. The number of ether oxygens (including phenoxy) is 1. The van der Waals surface area contributed by atoms with Gasteiger partial charge >= 0.3 is 0 Å². The van der Waals surface area contributed by atoms with Crippen LogP contribution in [0.25, 0.3) is 0 Å². The first kappa shape index (κ1) is 20.9. The van der Waals surface area contributed by atoms with Crippen molar-refractivity contribution in [3.63, 3.8) is 0 Å². The van der Waals surface area contributed by atoms with E-state index in [1.165, 1.54) is 44.9 Å². The standard InChI is InChI=1S/C22H37N5O/c1-18-17-27(13-14-28-18)21-11-10-20(15-25-21)16-26-22(23-2)24-12-6-5-9-19-7-3-4-8-19/h10-11,15,18-19H,3-9,12-14,16-17H2,1-2H3,(H2,23,24,26). The fraction of sp³-hybridized carbons (Fsp3) is 0.727. The summed E-state index contributed by atoms with van der Waals surface area (Å²) < 4.78 is 5.60. The number of hydrogen-bond acceptors (Lipinski definition) is 4. The van der Waals surface area contributed by atoms with Gasteiger partial charge in [-0.25, -0.2) is 4.98 Å². The Morgan fingerprint density at radius 2 is 2.11 bits per heavy atom. The van der Waals surface area contributed by atoms with E-state index in [-0.39, 0.29) is 6.10 Å². The quantitative estimate of drug-likeness (QED) is 0.407. The van der Waals surface area contributed by atoms with Gasteiger partial charge in [0.15, 0.2) is 5.96 Å². The summed E-state index contributed by atoms with van der Waals surface area (Å²) in [6, 6.07) is 4.25. The largest absolute Gasteiger partial charge is 0.375 e. The molecule has 6 nitrogen and oxygen atoms in total. The lowest BCUT2D eigenvalue weighted by Gasteiger charge is -2.32. The van der Waals surface area contributed by atoms with Gasteiger partial charge in [-0.2, -0.15) is 0 Å². The van der Waals surface area contributed by atoms with Crippen molar-refractivity contribution in [2.24, 2.45) is 10.9 Å². The lowest BCUT2D eigenvalue weighted by atomic mass is 10.0. The number of hydrogen-bond donors (Lipinski definition) is 2. The van der Waals surface area contributed by atoms with Crippen molar-refractivity contribution in [2.75, 3.05) is 38.2 Å². The molecule has 2 aliphatic rings. The minimum absolute atomic E-state index is 0.268. The Labute approximate surface area is 170 Å². The second kappa shape index (κ2) is 11.2. The molecule has 28 heavy (non-hydrogen) atoms. The average molecular weight is 388 g/mol.